The molecule has 0 aliphatic heterocycles. The molecule has 0 aromatic heterocycles. The molecule has 0 amide bonds. The van der Waals surface area contributed by atoms with E-state index >= 15 is 0 Å². The van der Waals surface area contributed by atoms with E-state index in [1.165, 1.54) is 0 Å². The first-order valence-corrected chi connectivity index (χ1v) is 2.35. The van der Waals surface area contributed by atoms with Gasteiger partial charge in [0.15, 0.2) is 0 Å². The van der Waals surface area contributed by atoms with Gasteiger partial charge < -0.3 is 16.1 Å². The molecule has 8 heavy (non-hydrogen) atoms. The summed E-state index contributed by atoms with van der Waals surface area (Å²) in [5, 5.41) is 0. The first-order chi connectivity index (χ1) is 2.00. The van der Waals surface area contributed by atoms with Crippen molar-refractivity contribution in [3.8, 4) is 0 Å². The molecule has 0 heterocycles. The van der Waals surface area contributed by atoms with E-state index in [2.05, 4.69) is 0 Å². The second kappa shape index (κ2) is 9.97. The molecule has 0 saturated heterocycles. The van der Waals surface area contributed by atoms with Gasteiger partial charge >= 0.3 is 26.7 Å². The Morgan fingerprint density at radius 3 is 1.25 bits per heavy atom. The zero-order valence-corrected chi connectivity index (χ0v) is 10.7. The van der Waals surface area contributed by atoms with Crippen molar-refractivity contribution in [2.45, 2.75) is 0 Å². The molecular weight excluding hydrogens is 333 g/mol. The first kappa shape index (κ1) is 22.4. The second-order valence-electron chi connectivity index (χ2n) is 0.513. The zero-order chi connectivity index (χ0) is 4.50. The van der Waals surface area contributed by atoms with Gasteiger partial charge in [0, 0.05) is 68.0 Å². The van der Waals surface area contributed by atoms with Crippen LogP contribution < -0.4 is 18.9 Å². The summed E-state index contributed by atoms with van der Waals surface area (Å²) in [4.78, 5) is 21.6. The third-order valence-corrected chi connectivity index (χ3v) is 0. The van der Waals surface area contributed by atoms with Crippen molar-refractivity contribution in [1.82, 2.24) is 0 Å². The number of rotatable bonds is 0. The van der Waals surface area contributed by atoms with Crippen molar-refractivity contribution in [3.05, 3.63) is 0 Å². The number of phosphoric acid groups is 1. The van der Waals surface area contributed by atoms with Gasteiger partial charge in [-0.25, -0.2) is 4.57 Å². The Balaban J connectivity index is -0.0000000133. The van der Waals surface area contributed by atoms with E-state index in [4.69, 9.17) is 19.2 Å². The summed E-state index contributed by atoms with van der Waals surface area (Å²) < 4.78 is 8.88. The number of hydrogen-bond donors (Lipinski definition) is 3. The molecule has 0 atom stereocenters. The van der Waals surface area contributed by atoms with Crippen LogP contribution in [-0.2, 0) is 30.8 Å². The molecule has 42 valence electrons. The summed E-state index contributed by atoms with van der Waals surface area (Å²) in [7, 11) is -4.64. The largest absolute Gasteiger partial charge is 1.00 e. The van der Waals surface area contributed by atoms with E-state index in [-0.39, 0.29) is 88.2 Å². The van der Waals surface area contributed by atoms with Gasteiger partial charge in [-0.2, -0.15) is 0 Å². The first-order valence-electron chi connectivity index (χ1n) is 0.783. The van der Waals surface area contributed by atoms with Crippen molar-refractivity contribution in [2.75, 3.05) is 0 Å². The summed E-state index contributed by atoms with van der Waals surface area (Å²) in [6.45, 7) is 0. The molecule has 0 aromatic carbocycles. The summed E-state index contributed by atoms with van der Waals surface area (Å²) in [6.07, 6.45) is 0. The van der Waals surface area contributed by atoms with Crippen LogP contribution in [0, 0.1) is 41.7 Å². The van der Waals surface area contributed by atoms with Crippen LogP contribution in [0.2, 0.25) is 0 Å². The van der Waals surface area contributed by atoms with E-state index in [9.17, 15) is 0 Å². The normalized spacial score (nSPS) is 7.38. The topological polar surface area (TPSA) is 77.8 Å². The summed E-state index contributed by atoms with van der Waals surface area (Å²) in [5.41, 5.74) is 0. The van der Waals surface area contributed by atoms with Gasteiger partial charge in [-0.05, 0) is 0 Å². The molecule has 0 fully saturated rings. The maximum absolute atomic E-state index is 8.88. The van der Waals surface area contributed by atoms with Crippen molar-refractivity contribution in [3.63, 3.8) is 0 Å². The summed E-state index contributed by atoms with van der Waals surface area (Å²) in [6, 6.07) is 0. The van der Waals surface area contributed by atoms with Crippen LogP contribution >= 0.6 is 7.82 Å². The molecular formula is H4CeLiO4PZr. The van der Waals surface area contributed by atoms with E-state index in [0.29, 0.717) is 0 Å². The Hall–Kier alpha value is 2.97. The van der Waals surface area contributed by atoms with Crippen LogP contribution in [0.25, 0.3) is 0 Å². The third-order valence-electron chi connectivity index (χ3n) is 0. The second-order valence-corrected chi connectivity index (χ2v) is 1.54. The van der Waals surface area contributed by atoms with Gasteiger partial charge in [-0.3, -0.25) is 0 Å². The van der Waals surface area contributed by atoms with Gasteiger partial charge in [-0.15, -0.1) is 0 Å². The van der Waals surface area contributed by atoms with Crippen molar-refractivity contribution < 1.29 is 107 Å². The molecule has 0 radical (unpaired) electrons. The van der Waals surface area contributed by atoms with E-state index in [1.807, 2.05) is 0 Å². The van der Waals surface area contributed by atoms with Crippen molar-refractivity contribution in [1.29, 1.82) is 0 Å². The minimum absolute atomic E-state index is 0. The predicted molar refractivity (Wildman–Crippen MR) is 15.4 cm³/mol. The fourth-order valence-electron chi connectivity index (χ4n) is 0. The third kappa shape index (κ3) is 64.7. The fourth-order valence-corrected chi connectivity index (χ4v) is 0. The van der Waals surface area contributed by atoms with Crippen LogP contribution in [0.5, 0.6) is 0 Å². The molecule has 4 nitrogen and oxygen atoms in total. The Labute approximate surface area is 113 Å². The van der Waals surface area contributed by atoms with Crippen LogP contribution in [-0.4, -0.2) is 14.7 Å². The molecule has 0 aromatic rings. The standard InChI is InChI=1S/Ce.Li.H3O4P.Zr.H/c;;1-5(2,3)4;;/h;;(H3,1,2,3,4);;/q;+1;;;-1. The average molecular weight is 337 g/mol. The Kier molecular flexibility index (Phi) is 28.0. The Morgan fingerprint density at radius 2 is 1.25 bits per heavy atom. The summed E-state index contributed by atoms with van der Waals surface area (Å²) in [5.74, 6) is 0. The van der Waals surface area contributed by atoms with Crippen LogP contribution in [0.4, 0.5) is 0 Å². The van der Waals surface area contributed by atoms with Gasteiger partial charge in [0.1, 0.15) is 0 Å². The predicted octanol–water partition coefficient (Wildman–Crippen LogP) is -3.81. The molecule has 0 spiro atoms. The van der Waals surface area contributed by atoms with Gasteiger partial charge in [0.2, 0.25) is 0 Å². The SMILES string of the molecule is O=P(O)(O)O.[Ce].[H-].[Li+].[Zr]. The minimum Gasteiger partial charge on any atom is -1.00 e. The zero-order valence-electron chi connectivity index (χ0n) is 5.20. The molecule has 0 aliphatic carbocycles. The van der Waals surface area contributed by atoms with Crippen molar-refractivity contribution in [2.24, 2.45) is 0 Å². The minimum atomic E-state index is -4.64. The Morgan fingerprint density at radius 1 is 1.25 bits per heavy atom. The fraction of sp³-hybridized carbons (Fsp3) is 0. The molecule has 0 unspecified atom stereocenters. The molecule has 0 rings (SSSR count). The molecule has 8 heteroatoms. The van der Waals surface area contributed by atoms with Crippen LogP contribution in [0.15, 0.2) is 0 Å². The molecule has 0 saturated carbocycles. The van der Waals surface area contributed by atoms with Gasteiger partial charge in [0.25, 0.3) is 0 Å². The summed E-state index contributed by atoms with van der Waals surface area (Å²) >= 11 is 0. The van der Waals surface area contributed by atoms with Crippen LogP contribution in [0.1, 0.15) is 1.43 Å². The molecule has 3 N–H and O–H groups in total. The van der Waals surface area contributed by atoms with E-state index in [0.717, 1.165) is 0 Å². The monoisotopic (exact) mass is 336 g/mol. The molecule has 0 aliphatic rings. The smallest absolute Gasteiger partial charge is 1.00 e. The van der Waals surface area contributed by atoms with Crippen LogP contribution in [0.3, 0.4) is 0 Å². The van der Waals surface area contributed by atoms with Gasteiger partial charge in [-0.1, -0.05) is 0 Å². The Bertz CT molecular complexity index is 66.7. The van der Waals surface area contributed by atoms with Gasteiger partial charge in [0.05, 0.1) is 0 Å². The maximum atomic E-state index is 8.88. The van der Waals surface area contributed by atoms with E-state index < -0.39 is 7.82 Å². The maximum Gasteiger partial charge on any atom is 1.00 e. The van der Waals surface area contributed by atoms with Crippen molar-refractivity contribution >= 4 is 7.82 Å². The molecule has 0 bridgehead atoms. The van der Waals surface area contributed by atoms with E-state index in [1.54, 1.807) is 0 Å². The number of hydrogen-bond acceptors (Lipinski definition) is 1. The quantitative estimate of drug-likeness (QED) is 0.313. The average Bonchev–Trinajstić information content (AvgIpc) is 0.722.